The van der Waals surface area contributed by atoms with Gasteiger partial charge in [-0.05, 0) is 100 Å². The first-order valence-electron chi connectivity index (χ1n) is 18.7. The van der Waals surface area contributed by atoms with E-state index in [4.69, 9.17) is 18.6 Å². The fraction of sp³-hybridized carbons (Fsp3) is 0.667. The Kier molecular flexibility index (Phi) is 16.1. The predicted octanol–water partition coefficient (Wildman–Crippen LogP) is 10.6. The number of carbonyl (C=O) groups is 2. The summed E-state index contributed by atoms with van der Waals surface area (Å²) in [5.41, 5.74) is 5.91. The predicted molar refractivity (Wildman–Crippen MR) is 215 cm³/mol. The van der Waals surface area contributed by atoms with Crippen LogP contribution in [0.15, 0.2) is 53.3 Å². The molecule has 0 unspecified atom stereocenters. The van der Waals surface area contributed by atoms with Gasteiger partial charge in [0.2, 0.25) is 0 Å². The Morgan fingerprint density at radius 1 is 0.980 bits per heavy atom. The zero-order valence-electron chi connectivity index (χ0n) is 34.9. The highest BCUT2D eigenvalue weighted by Gasteiger charge is 2.47. The van der Waals surface area contributed by atoms with Crippen LogP contribution in [0.25, 0.3) is 0 Å². The molecule has 9 heteroatoms. The molecule has 0 fully saturated rings. The molecule has 0 aliphatic heterocycles. The van der Waals surface area contributed by atoms with Crippen LogP contribution in [0.4, 0.5) is 4.79 Å². The summed E-state index contributed by atoms with van der Waals surface area (Å²) in [5, 5.41) is 0.0172. The second kappa shape index (κ2) is 18.4. The van der Waals surface area contributed by atoms with Gasteiger partial charge in [-0.1, -0.05) is 90.5 Å². The van der Waals surface area contributed by atoms with Gasteiger partial charge >= 0.3 is 12.1 Å². The Hall–Kier alpha value is -2.65. The molecule has 2 rings (SSSR count). The average molecular weight is 740 g/mol. The number of hydrogen-bond donors (Lipinski definition) is 0. The van der Waals surface area contributed by atoms with Gasteiger partial charge in [0.25, 0.3) is 0 Å². The van der Waals surface area contributed by atoms with Gasteiger partial charge in [-0.3, -0.25) is 0 Å². The highest BCUT2D eigenvalue weighted by Crippen LogP contribution is 2.47. The van der Waals surface area contributed by atoms with Crippen LogP contribution >= 0.6 is 0 Å². The van der Waals surface area contributed by atoms with Gasteiger partial charge in [0, 0.05) is 38.1 Å². The summed E-state index contributed by atoms with van der Waals surface area (Å²) in [7, 11) is -2.32. The van der Waals surface area contributed by atoms with Crippen molar-refractivity contribution in [3.63, 3.8) is 0 Å². The van der Waals surface area contributed by atoms with Crippen molar-refractivity contribution >= 4 is 28.5 Å². The normalized spacial score (nSPS) is 20.2. The number of hydrogen-bond acceptors (Lipinski definition) is 6. The van der Waals surface area contributed by atoms with Crippen LogP contribution in [0.2, 0.25) is 37.8 Å². The van der Waals surface area contributed by atoms with Crippen molar-refractivity contribution in [2.24, 2.45) is 23.7 Å². The van der Waals surface area contributed by atoms with Crippen molar-refractivity contribution in [1.29, 1.82) is 0 Å². The third kappa shape index (κ3) is 12.5. The Labute approximate surface area is 313 Å². The molecule has 5 atom stereocenters. The first-order valence-corrected chi connectivity index (χ1v) is 25.2. The van der Waals surface area contributed by atoms with Crippen molar-refractivity contribution in [2.75, 3.05) is 13.7 Å². The summed E-state index contributed by atoms with van der Waals surface area (Å²) in [5.74, 6) is 3.50. The molecule has 0 saturated heterocycles. The first-order chi connectivity index (χ1) is 23.4. The molecule has 0 saturated carbocycles. The van der Waals surface area contributed by atoms with Crippen LogP contribution in [0, 0.1) is 35.1 Å². The Morgan fingerprint density at radius 3 is 2.02 bits per heavy atom. The fourth-order valence-electron chi connectivity index (χ4n) is 6.54. The number of carbonyl (C=O) groups excluding carboxylic acids is 2. The first kappa shape index (κ1) is 44.5. The van der Waals surface area contributed by atoms with E-state index in [0.717, 1.165) is 11.1 Å². The number of methoxy groups -OCH3 is 1. The van der Waals surface area contributed by atoms with Gasteiger partial charge in [0.1, 0.15) is 19.9 Å². The lowest BCUT2D eigenvalue weighted by atomic mass is 9.66. The molecule has 1 aliphatic rings. The molecule has 286 valence electrons. The number of ether oxygens (including phenoxy) is 3. The quantitative estimate of drug-likeness (QED) is 0.114. The third-order valence-corrected chi connectivity index (χ3v) is 15.8. The van der Waals surface area contributed by atoms with E-state index in [9.17, 15) is 9.59 Å². The maximum atomic E-state index is 14.2. The molecule has 0 spiro atoms. The van der Waals surface area contributed by atoms with Crippen LogP contribution < -0.4 is 0 Å². The lowest BCUT2D eigenvalue weighted by molar-refractivity contribution is -0.162. The number of benzene rings is 1. The molecule has 1 aliphatic carbocycles. The molecule has 1 aromatic carbocycles. The minimum absolute atomic E-state index is 0.0172. The summed E-state index contributed by atoms with van der Waals surface area (Å²) < 4.78 is 25.7. The third-order valence-electron chi connectivity index (χ3n) is 10.4. The lowest BCUT2D eigenvalue weighted by Gasteiger charge is -2.46. The van der Waals surface area contributed by atoms with E-state index >= 15 is 0 Å². The lowest BCUT2D eigenvalue weighted by Crippen LogP contribution is -2.48. The molecule has 1 aromatic rings. The van der Waals surface area contributed by atoms with Gasteiger partial charge in [-0.15, -0.1) is 5.54 Å². The van der Waals surface area contributed by atoms with Gasteiger partial charge in [0.15, 0.2) is 14.4 Å². The maximum absolute atomic E-state index is 14.2. The Bertz CT molecular complexity index is 1430. The van der Waals surface area contributed by atoms with Crippen molar-refractivity contribution in [3.05, 3.63) is 58.9 Å². The van der Waals surface area contributed by atoms with Crippen molar-refractivity contribution < 1.29 is 28.2 Å². The zero-order chi connectivity index (χ0) is 39.1. The van der Waals surface area contributed by atoms with E-state index in [-0.39, 0.29) is 46.9 Å². The maximum Gasteiger partial charge on any atom is 0.415 e. The number of nitrogens with zero attached hydrogens (tertiary/aromatic N) is 1. The average Bonchev–Trinajstić information content (AvgIpc) is 2.99. The fourth-order valence-corrected chi connectivity index (χ4v) is 8.16. The summed E-state index contributed by atoms with van der Waals surface area (Å²) in [6, 6.07) is 9.36. The molecule has 7 nitrogen and oxygen atoms in total. The van der Waals surface area contributed by atoms with Gasteiger partial charge in [-0.25, -0.2) is 9.59 Å². The van der Waals surface area contributed by atoms with E-state index < -0.39 is 34.6 Å². The topological polar surface area (TPSA) is 74.3 Å². The van der Waals surface area contributed by atoms with Crippen LogP contribution in [0.1, 0.15) is 94.2 Å². The minimum atomic E-state index is -2.16. The van der Waals surface area contributed by atoms with Crippen molar-refractivity contribution in [3.8, 4) is 11.5 Å². The molecule has 51 heavy (non-hydrogen) atoms. The highest BCUT2D eigenvalue weighted by molar-refractivity contribution is 6.83. The molecule has 0 aromatic heterocycles. The molecule has 0 bridgehead atoms. The van der Waals surface area contributed by atoms with E-state index in [1.54, 1.807) is 4.90 Å². The van der Waals surface area contributed by atoms with Gasteiger partial charge < -0.3 is 23.5 Å². The van der Waals surface area contributed by atoms with Crippen LogP contribution in [0.3, 0.4) is 0 Å². The van der Waals surface area contributed by atoms with Gasteiger partial charge in [-0.2, -0.15) is 0 Å². The Morgan fingerprint density at radius 2 is 1.55 bits per heavy atom. The van der Waals surface area contributed by atoms with Crippen LogP contribution in [0.5, 0.6) is 0 Å². The summed E-state index contributed by atoms with van der Waals surface area (Å²) >= 11 is 0. The van der Waals surface area contributed by atoms with Crippen molar-refractivity contribution in [1.82, 2.24) is 4.90 Å². The van der Waals surface area contributed by atoms with Crippen LogP contribution in [-0.2, 0) is 23.4 Å². The molecular weight excluding hydrogens is 671 g/mol. The minimum Gasteiger partial charge on any atom is -0.455 e. The Balaban J connectivity index is 2.88. The highest BCUT2D eigenvalue weighted by atomic mass is 28.4. The zero-order valence-corrected chi connectivity index (χ0v) is 36.9. The van der Waals surface area contributed by atoms with E-state index in [0.29, 0.717) is 24.4 Å². The van der Waals surface area contributed by atoms with E-state index in [2.05, 4.69) is 78.8 Å². The second-order valence-corrected chi connectivity index (χ2v) is 27.3. The smallest absolute Gasteiger partial charge is 0.415 e. The molecule has 0 N–H and O–H groups in total. The number of amides is 1. The SMILES string of the molecule is CO[C@H](C(=O)O[C@@H](/C=C(\C)C#C[Si](C)(C)C)[C@H]1C(C)=C(OC(=O)N(C(C)C)C(C)C)C[C@H](C(C)C)[C@H]1CO[Si](C)(C)C(C)(C)C)c1ccccc1. The van der Waals surface area contributed by atoms with E-state index in [1.807, 2.05) is 78.0 Å². The summed E-state index contributed by atoms with van der Waals surface area (Å²) in [4.78, 5) is 29.7. The summed E-state index contributed by atoms with van der Waals surface area (Å²) in [6.45, 7) is 34.9. The monoisotopic (exact) mass is 739 g/mol. The van der Waals surface area contributed by atoms with E-state index in [1.165, 1.54) is 7.11 Å². The molecule has 0 radical (unpaired) electrons. The number of allylic oxidation sites excluding steroid dienone is 2. The number of rotatable bonds is 13. The van der Waals surface area contributed by atoms with Crippen LogP contribution in [-0.4, -0.2) is 65.3 Å². The second-order valence-electron chi connectivity index (χ2n) is 17.7. The number of esters is 1. The van der Waals surface area contributed by atoms with Crippen molar-refractivity contribution in [2.45, 2.75) is 145 Å². The molecule has 0 heterocycles. The standard InChI is InChI=1S/C42H69NO6Si2/c1-28(2)34-26-36(49-41(45)43(29(3)4)30(5)6)32(8)38(35(34)27-47-51(16,17)42(9,10)11)37(25-31(7)23-24-50(13,14)15)48-40(44)39(46-12)33-21-19-18-20-22-33/h18-22,25,28-30,34-35,37-39H,26-27H2,1-17H3/b31-25+/t34-,35-,37+,38+,39+/m1/s1. The van der Waals surface area contributed by atoms with Gasteiger partial charge in [0.05, 0.1) is 0 Å². The summed E-state index contributed by atoms with van der Waals surface area (Å²) in [6.07, 6.45) is 0.590. The molecule has 1 amide bonds. The molecular formula is C42H69NO6Si2. The largest absolute Gasteiger partial charge is 0.455 e.